The number of amides is 5. The van der Waals surface area contributed by atoms with Crippen LogP contribution in [0, 0.1) is 31.6 Å². The number of thiazole rings is 1. The maximum atomic E-state index is 14.1. The standard InChI is InChI=1S/C59H78N12O7S/c1-36(2)66-48-28-43(27-45(46(48)30-60)55(75)64-33-47-37(3)26-38(4)67-56(47)76)42-18-19-50(62-32-42)70-24-22-69(23-25-70)21-20-61-51(73)12-10-9-11-13-52(74)68-54(59(6,7)8)58(78)71-34-44(72)29-49(71)57(77)63-31-40-14-16-41(17-15-40)53-39(5)65-35-79-53/h14-19,26-28,30,32,35-36,44,49,54,60,66,72H,9-13,20-25,29,31,33-34H2,1-8H3,(H,61,73)(H,63,77)(H,64,75)(H,67,76)(H,68,74)/t44-,49+,54-/m1/s1. The summed E-state index contributed by atoms with van der Waals surface area (Å²) in [6.07, 6.45) is 4.53. The van der Waals surface area contributed by atoms with Gasteiger partial charge in [0.15, 0.2) is 0 Å². The number of unbranched alkanes of at least 4 members (excludes halogenated alkanes) is 2. The third kappa shape index (κ3) is 15.9. The van der Waals surface area contributed by atoms with Crippen LogP contribution < -0.4 is 37.0 Å². The summed E-state index contributed by atoms with van der Waals surface area (Å²) in [6.45, 7) is 19.8. The van der Waals surface area contributed by atoms with Crippen molar-refractivity contribution in [3.8, 4) is 21.6 Å². The Morgan fingerprint density at radius 3 is 2.20 bits per heavy atom. The number of carbonyl (C=O) groups is 5. The van der Waals surface area contributed by atoms with E-state index in [0.29, 0.717) is 61.2 Å². The van der Waals surface area contributed by atoms with E-state index in [0.717, 1.165) is 76.1 Å². The molecule has 79 heavy (non-hydrogen) atoms. The molecule has 2 aromatic carbocycles. The van der Waals surface area contributed by atoms with E-state index in [-0.39, 0.29) is 61.8 Å². The number of aliphatic hydroxyl groups excluding tert-OH is 1. The van der Waals surface area contributed by atoms with Crippen LogP contribution in [0.25, 0.3) is 21.6 Å². The summed E-state index contributed by atoms with van der Waals surface area (Å²) < 4.78 is 0. The fourth-order valence-electron chi connectivity index (χ4n) is 10.1. The van der Waals surface area contributed by atoms with Crippen molar-refractivity contribution >= 4 is 58.6 Å². The first-order chi connectivity index (χ1) is 37.7. The third-order valence-corrected chi connectivity index (χ3v) is 15.5. The fraction of sp³-hybridized carbons (Fsp3) is 0.475. The molecule has 0 radical (unpaired) electrons. The number of piperazine rings is 1. The van der Waals surface area contributed by atoms with Crippen LogP contribution in [0.4, 0.5) is 11.5 Å². The molecule has 5 aromatic rings. The minimum atomic E-state index is -0.917. The molecule has 422 valence electrons. The van der Waals surface area contributed by atoms with Crippen LogP contribution in [-0.4, -0.2) is 136 Å². The van der Waals surface area contributed by atoms with Gasteiger partial charge in [-0.15, -0.1) is 11.3 Å². The van der Waals surface area contributed by atoms with Crippen LogP contribution in [0.3, 0.4) is 0 Å². The second-order valence-corrected chi connectivity index (χ2v) is 23.0. The summed E-state index contributed by atoms with van der Waals surface area (Å²) >= 11 is 1.57. The third-order valence-electron chi connectivity index (χ3n) is 14.5. The lowest BCUT2D eigenvalue weighted by molar-refractivity contribution is -0.144. The number of likely N-dealkylation sites (tertiary alicyclic amines) is 1. The highest BCUT2D eigenvalue weighted by Gasteiger charge is 2.44. The van der Waals surface area contributed by atoms with E-state index in [1.807, 2.05) is 109 Å². The molecule has 3 atom stereocenters. The van der Waals surface area contributed by atoms with Crippen LogP contribution >= 0.6 is 11.3 Å². The highest BCUT2D eigenvalue weighted by atomic mass is 32.1. The number of aromatic amines is 1. The molecule has 19 nitrogen and oxygen atoms in total. The average Bonchev–Trinajstić information content (AvgIpc) is 4.03. The van der Waals surface area contributed by atoms with Crippen LogP contribution in [0.2, 0.25) is 0 Å². The number of H-pyrrole nitrogens is 1. The molecule has 2 aliphatic heterocycles. The summed E-state index contributed by atoms with van der Waals surface area (Å²) in [4.78, 5) is 98.9. The molecule has 5 amide bonds. The number of pyridine rings is 2. The van der Waals surface area contributed by atoms with Crippen molar-refractivity contribution in [3.63, 3.8) is 0 Å². The molecule has 0 bridgehead atoms. The van der Waals surface area contributed by atoms with Gasteiger partial charge < -0.3 is 51.9 Å². The van der Waals surface area contributed by atoms with Gasteiger partial charge in [-0.2, -0.15) is 0 Å². The number of carbonyl (C=O) groups excluding carboxylic acids is 5. The number of anilines is 2. The number of nitrogens with one attached hydrogen (secondary N) is 7. The normalized spacial score (nSPS) is 16.1. The Kier molecular flexibility index (Phi) is 20.3. The highest BCUT2D eigenvalue weighted by molar-refractivity contribution is 7.13. The molecule has 3 aromatic heterocycles. The second kappa shape index (κ2) is 27.0. The molecular formula is C59H78N12O7S. The van der Waals surface area contributed by atoms with E-state index < -0.39 is 35.4 Å². The maximum Gasteiger partial charge on any atom is 0.253 e. The van der Waals surface area contributed by atoms with Crippen LogP contribution in [0.5, 0.6) is 0 Å². The number of hydrogen-bond donors (Lipinski definition) is 8. The van der Waals surface area contributed by atoms with E-state index in [2.05, 4.69) is 46.4 Å². The van der Waals surface area contributed by atoms with E-state index in [9.17, 15) is 33.9 Å². The van der Waals surface area contributed by atoms with Gasteiger partial charge in [0, 0.05) is 125 Å². The predicted octanol–water partition coefficient (Wildman–Crippen LogP) is 6.23. The molecule has 0 aliphatic carbocycles. The van der Waals surface area contributed by atoms with Gasteiger partial charge in [-0.3, -0.25) is 33.7 Å². The molecule has 0 spiro atoms. The lowest BCUT2D eigenvalue weighted by Crippen LogP contribution is -2.57. The summed E-state index contributed by atoms with van der Waals surface area (Å²) in [5.74, 6) is -0.667. The highest BCUT2D eigenvalue weighted by Crippen LogP contribution is 2.32. The SMILES string of the molecule is Cc1cc(C)c(CNC(=O)c2cc(-c3ccc(N4CCN(CCNC(=O)CCCCCC(=O)N[C@H](C(=O)N5C[C@H](O)C[C@H]5C(=O)NCc5ccc(-c6scnc6C)cc5)C(C)(C)C)CC4)nc3)cc(NC(C)C)c2C=N)c(=O)[nH]1. The van der Waals surface area contributed by atoms with Gasteiger partial charge in [0.2, 0.25) is 23.6 Å². The largest absolute Gasteiger partial charge is 0.391 e. The Bertz CT molecular complexity index is 3020. The molecular weight excluding hydrogens is 1020 g/mol. The first kappa shape index (κ1) is 59.4. The fourth-order valence-corrected chi connectivity index (χ4v) is 10.9. The quantitative estimate of drug-likeness (QED) is 0.0268. The van der Waals surface area contributed by atoms with Crippen molar-refractivity contribution in [3.05, 3.63) is 116 Å². The second-order valence-electron chi connectivity index (χ2n) is 22.1. The number of benzene rings is 2. The van der Waals surface area contributed by atoms with E-state index in [1.165, 1.54) is 11.1 Å². The van der Waals surface area contributed by atoms with Crippen molar-refractivity contribution in [2.24, 2.45) is 5.41 Å². The van der Waals surface area contributed by atoms with Crippen LogP contribution in [0.1, 0.15) is 117 Å². The molecule has 5 heterocycles. The van der Waals surface area contributed by atoms with Gasteiger partial charge in [-0.05, 0) is 105 Å². The number of aliphatic hydroxyl groups is 1. The van der Waals surface area contributed by atoms with Crippen molar-refractivity contribution in [2.75, 3.05) is 56.0 Å². The molecule has 2 fully saturated rings. The minimum absolute atomic E-state index is 0.00532. The van der Waals surface area contributed by atoms with Crippen LogP contribution in [-0.2, 0) is 32.3 Å². The molecule has 2 aliphatic rings. The van der Waals surface area contributed by atoms with Crippen molar-refractivity contribution in [2.45, 2.75) is 131 Å². The lowest BCUT2D eigenvalue weighted by Gasteiger charge is -2.35. The van der Waals surface area contributed by atoms with E-state index >= 15 is 0 Å². The smallest absolute Gasteiger partial charge is 0.253 e. The monoisotopic (exact) mass is 1100 g/mol. The first-order valence-corrected chi connectivity index (χ1v) is 28.2. The number of aromatic nitrogens is 3. The van der Waals surface area contributed by atoms with Gasteiger partial charge in [0.25, 0.3) is 11.5 Å². The Morgan fingerprint density at radius 2 is 1.57 bits per heavy atom. The number of nitrogens with zero attached hydrogens (tertiary/aromatic N) is 5. The van der Waals surface area contributed by atoms with Gasteiger partial charge in [-0.25, -0.2) is 9.97 Å². The molecule has 20 heteroatoms. The zero-order chi connectivity index (χ0) is 57.0. The van der Waals surface area contributed by atoms with Gasteiger partial charge in [-0.1, -0.05) is 51.5 Å². The summed E-state index contributed by atoms with van der Waals surface area (Å²) in [5.41, 5.74) is 8.77. The zero-order valence-corrected chi connectivity index (χ0v) is 47.7. The van der Waals surface area contributed by atoms with Crippen molar-refractivity contribution < 1.29 is 29.1 Å². The zero-order valence-electron chi connectivity index (χ0n) is 46.9. The predicted molar refractivity (Wildman–Crippen MR) is 310 cm³/mol. The van der Waals surface area contributed by atoms with Crippen LogP contribution in [0.15, 0.2) is 71.1 Å². The average molecular weight is 1100 g/mol. The first-order valence-electron chi connectivity index (χ1n) is 27.4. The molecule has 7 rings (SSSR count). The van der Waals surface area contributed by atoms with E-state index in [4.69, 9.17) is 10.4 Å². The van der Waals surface area contributed by atoms with Crippen molar-refractivity contribution in [1.82, 2.24) is 46.0 Å². The minimum Gasteiger partial charge on any atom is -0.391 e. The Hall–Kier alpha value is -7.29. The maximum absolute atomic E-state index is 14.1. The Morgan fingerprint density at radius 1 is 0.861 bits per heavy atom. The molecule has 0 saturated carbocycles. The number of rotatable bonds is 23. The number of β-amino-alcohol motifs (C(OH)–C–C–N with tert-alkyl or cyclic N) is 1. The molecule has 8 N–H and O–H groups in total. The number of aryl methyl sites for hydroxylation is 3. The Balaban J connectivity index is 0.806. The van der Waals surface area contributed by atoms with Crippen molar-refractivity contribution in [1.29, 1.82) is 5.41 Å². The van der Waals surface area contributed by atoms with Gasteiger partial charge in [0.05, 0.1) is 27.7 Å². The van der Waals surface area contributed by atoms with Gasteiger partial charge in [0.1, 0.15) is 17.9 Å². The summed E-state index contributed by atoms with van der Waals surface area (Å²) in [6, 6.07) is 15.6. The summed E-state index contributed by atoms with van der Waals surface area (Å²) in [5, 5.41) is 34.0. The lowest BCUT2D eigenvalue weighted by atomic mass is 9.85. The summed E-state index contributed by atoms with van der Waals surface area (Å²) in [7, 11) is 0. The molecule has 2 saturated heterocycles. The van der Waals surface area contributed by atoms with Gasteiger partial charge >= 0.3 is 0 Å². The number of hydrogen-bond acceptors (Lipinski definition) is 14. The topological polar surface area (TPSA) is 258 Å². The Labute approximate surface area is 467 Å². The molecule has 0 unspecified atom stereocenters. The van der Waals surface area contributed by atoms with E-state index in [1.54, 1.807) is 23.6 Å².